The van der Waals surface area contributed by atoms with Crippen LogP contribution in [0.3, 0.4) is 0 Å². The van der Waals surface area contributed by atoms with Gasteiger partial charge in [0.1, 0.15) is 0 Å². The third kappa shape index (κ3) is 2.81. The molecule has 0 bridgehead atoms. The molecule has 3 rings (SSSR count). The zero-order valence-corrected chi connectivity index (χ0v) is 12.0. The molecule has 0 atom stereocenters. The Morgan fingerprint density at radius 2 is 1.80 bits per heavy atom. The third-order valence-corrected chi connectivity index (χ3v) is 3.77. The highest BCUT2D eigenvalue weighted by Gasteiger charge is 2.03. The van der Waals surface area contributed by atoms with Crippen molar-refractivity contribution in [1.29, 1.82) is 0 Å². The molecule has 102 valence electrons. The number of hydrogen-bond acceptors (Lipinski definition) is 1. The summed E-state index contributed by atoms with van der Waals surface area (Å²) in [5.74, 6) is 0. The van der Waals surface area contributed by atoms with E-state index >= 15 is 0 Å². The summed E-state index contributed by atoms with van der Waals surface area (Å²) < 4.78 is 2.26. The van der Waals surface area contributed by atoms with E-state index in [1.165, 1.54) is 11.2 Å². The number of anilines is 1. The van der Waals surface area contributed by atoms with Crippen molar-refractivity contribution in [1.82, 2.24) is 4.57 Å². The van der Waals surface area contributed by atoms with Crippen LogP contribution in [-0.4, -0.2) is 11.1 Å². The average Bonchev–Trinajstić information content (AvgIpc) is 2.90. The van der Waals surface area contributed by atoms with Crippen LogP contribution in [0.4, 0.5) is 5.69 Å². The molecule has 0 saturated heterocycles. The Kier molecular flexibility index (Phi) is 3.93. The fourth-order valence-corrected chi connectivity index (χ4v) is 2.65. The van der Waals surface area contributed by atoms with Gasteiger partial charge in [-0.2, -0.15) is 0 Å². The molecule has 0 aliphatic rings. The first-order valence-corrected chi connectivity index (χ1v) is 7.25. The summed E-state index contributed by atoms with van der Waals surface area (Å²) in [6, 6.07) is 18.4. The fourth-order valence-electron chi connectivity index (χ4n) is 2.42. The molecule has 2 nitrogen and oxygen atoms in total. The van der Waals surface area contributed by atoms with E-state index in [2.05, 4.69) is 40.3 Å². The van der Waals surface area contributed by atoms with Gasteiger partial charge in [0.05, 0.1) is 0 Å². The zero-order valence-electron chi connectivity index (χ0n) is 11.2. The number of benzene rings is 2. The van der Waals surface area contributed by atoms with Crippen LogP contribution in [-0.2, 0) is 6.54 Å². The number of halogens is 1. The van der Waals surface area contributed by atoms with E-state index in [-0.39, 0.29) is 0 Å². The molecule has 20 heavy (non-hydrogen) atoms. The maximum Gasteiger partial charge on any atom is 0.0499 e. The van der Waals surface area contributed by atoms with Gasteiger partial charge in [-0.05, 0) is 36.8 Å². The normalized spacial score (nSPS) is 10.8. The Morgan fingerprint density at radius 3 is 2.65 bits per heavy atom. The maximum atomic E-state index is 6.19. The van der Waals surface area contributed by atoms with Crippen molar-refractivity contribution in [2.24, 2.45) is 0 Å². The van der Waals surface area contributed by atoms with Crippen LogP contribution in [0.25, 0.3) is 10.9 Å². The smallest absolute Gasteiger partial charge is 0.0499 e. The second-order valence-electron chi connectivity index (χ2n) is 4.83. The first-order valence-electron chi connectivity index (χ1n) is 6.87. The SMILES string of the molecule is Clc1cccc2c1ccn2CCCNc1ccccc1. The van der Waals surface area contributed by atoms with Crippen molar-refractivity contribution in [3.05, 3.63) is 65.8 Å². The Balaban J connectivity index is 1.59. The van der Waals surface area contributed by atoms with Gasteiger partial charge in [0, 0.05) is 40.9 Å². The number of aromatic nitrogens is 1. The molecular weight excluding hydrogens is 268 g/mol. The van der Waals surface area contributed by atoms with Gasteiger partial charge in [0.25, 0.3) is 0 Å². The summed E-state index contributed by atoms with van der Waals surface area (Å²) in [6.07, 6.45) is 3.18. The van der Waals surface area contributed by atoms with E-state index < -0.39 is 0 Å². The topological polar surface area (TPSA) is 17.0 Å². The van der Waals surface area contributed by atoms with Gasteiger partial charge >= 0.3 is 0 Å². The number of hydrogen-bond donors (Lipinski definition) is 1. The van der Waals surface area contributed by atoms with Crippen molar-refractivity contribution in [3.8, 4) is 0 Å². The number of fused-ring (bicyclic) bond motifs is 1. The largest absolute Gasteiger partial charge is 0.385 e. The lowest BCUT2D eigenvalue weighted by molar-refractivity contribution is 0.683. The predicted molar refractivity (Wildman–Crippen MR) is 86.5 cm³/mol. The molecule has 0 unspecified atom stereocenters. The summed E-state index contributed by atoms with van der Waals surface area (Å²) in [5, 5.41) is 5.38. The van der Waals surface area contributed by atoms with Crippen molar-refractivity contribution in [3.63, 3.8) is 0 Å². The fraction of sp³-hybridized carbons (Fsp3) is 0.176. The van der Waals surface area contributed by atoms with Crippen LogP contribution in [0.15, 0.2) is 60.8 Å². The first-order chi connectivity index (χ1) is 9.84. The van der Waals surface area contributed by atoms with Gasteiger partial charge in [-0.1, -0.05) is 35.9 Å². The molecule has 3 aromatic rings. The molecule has 0 radical (unpaired) electrons. The summed E-state index contributed by atoms with van der Waals surface area (Å²) >= 11 is 6.19. The van der Waals surface area contributed by atoms with E-state index in [0.717, 1.165) is 29.9 Å². The summed E-state index contributed by atoms with van der Waals surface area (Å²) in [6.45, 7) is 1.95. The first kappa shape index (κ1) is 13.1. The summed E-state index contributed by atoms with van der Waals surface area (Å²) in [5.41, 5.74) is 2.38. The Labute approximate surface area is 124 Å². The second-order valence-corrected chi connectivity index (χ2v) is 5.24. The molecule has 1 heterocycles. The van der Waals surface area contributed by atoms with E-state index in [1.54, 1.807) is 0 Å². The molecule has 3 heteroatoms. The van der Waals surface area contributed by atoms with Crippen molar-refractivity contribution in [2.45, 2.75) is 13.0 Å². The molecule has 1 aromatic heterocycles. The van der Waals surface area contributed by atoms with Gasteiger partial charge in [-0.15, -0.1) is 0 Å². The number of nitrogens with zero attached hydrogens (tertiary/aromatic N) is 1. The molecule has 0 saturated carbocycles. The van der Waals surface area contributed by atoms with Crippen molar-refractivity contribution in [2.75, 3.05) is 11.9 Å². The molecule has 0 spiro atoms. The van der Waals surface area contributed by atoms with Crippen LogP contribution >= 0.6 is 11.6 Å². The molecule has 0 aliphatic carbocycles. The van der Waals surface area contributed by atoms with E-state index in [1.807, 2.05) is 30.3 Å². The van der Waals surface area contributed by atoms with Crippen LogP contribution in [0.2, 0.25) is 5.02 Å². The predicted octanol–water partition coefficient (Wildman–Crippen LogP) is 4.80. The Hall–Kier alpha value is -1.93. The molecule has 0 amide bonds. The monoisotopic (exact) mass is 284 g/mol. The minimum Gasteiger partial charge on any atom is -0.385 e. The van der Waals surface area contributed by atoms with Gasteiger partial charge in [-0.3, -0.25) is 0 Å². The zero-order chi connectivity index (χ0) is 13.8. The summed E-state index contributed by atoms with van der Waals surface area (Å²) in [7, 11) is 0. The van der Waals surface area contributed by atoms with Gasteiger partial charge in [0.15, 0.2) is 0 Å². The van der Waals surface area contributed by atoms with Gasteiger partial charge in [-0.25, -0.2) is 0 Å². The minimum absolute atomic E-state index is 0.823. The standard InChI is InChI=1S/C17H17ClN2/c18-16-8-4-9-17-15(16)10-13-20(17)12-5-11-19-14-6-2-1-3-7-14/h1-4,6-10,13,19H,5,11-12H2. The average molecular weight is 285 g/mol. The van der Waals surface area contributed by atoms with Crippen LogP contribution in [0.1, 0.15) is 6.42 Å². The lowest BCUT2D eigenvalue weighted by Gasteiger charge is -2.08. The van der Waals surface area contributed by atoms with Gasteiger partial charge < -0.3 is 9.88 Å². The van der Waals surface area contributed by atoms with Crippen molar-refractivity contribution < 1.29 is 0 Å². The van der Waals surface area contributed by atoms with E-state index in [4.69, 9.17) is 11.6 Å². The van der Waals surface area contributed by atoms with Crippen LogP contribution in [0, 0.1) is 0 Å². The van der Waals surface area contributed by atoms with E-state index in [9.17, 15) is 0 Å². The molecular formula is C17H17ClN2. The Bertz CT molecular complexity index is 689. The molecule has 1 N–H and O–H groups in total. The number of nitrogens with one attached hydrogen (secondary N) is 1. The Morgan fingerprint density at radius 1 is 0.950 bits per heavy atom. The number of para-hydroxylation sites is 1. The second kappa shape index (κ2) is 6.02. The summed E-state index contributed by atoms with van der Waals surface area (Å²) in [4.78, 5) is 0. The lowest BCUT2D eigenvalue weighted by atomic mass is 10.2. The highest BCUT2D eigenvalue weighted by molar-refractivity contribution is 6.35. The van der Waals surface area contributed by atoms with Crippen LogP contribution < -0.4 is 5.32 Å². The molecule has 0 aliphatic heterocycles. The number of aryl methyl sites for hydroxylation is 1. The quantitative estimate of drug-likeness (QED) is 0.666. The highest BCUT2D eigenvalue weighted by Crippen LogP contribution is 2.24. The van der Waals surface area contributed by atoms with Gasteiger partial charge in [0.2, 0.25) is 0 Å². The lowest BCUT2D eigenvalue weighted by Crippen LogP contribution is -2.05. The van der Waals surface area contributed by atoms with E-state index in [0.29, 0.717) is 0 Å². The maximum absolute atomic E-state index is 6.19. The van der Waals surface area contributed by atoms with Crippen LogP contribution in [0.5, 0.6) is 0 Å². The third-order valence-electron chi connectivity index (χ3n) is 3.44. The van der Waals surface area contributed by atoms with Crippen molar-refractivity contribution >= 4 is 28.2 Å². The molecule has 2 aromatic carbocycles. The molecule has 0 fully saturated rings. The number of rotatable bonds is 5. The highest BCUT2D eigenvalue weighted by atomic mass is 35.5. The minimum atomic E-state index is 0.823.